The molecule has 0 spiro atoms. The summed E-state index contributed by atoms with van der Waals surface area (Å²) in [5, 5.41) is 18.9. The first-order valence-corrected chi connectivity index (χ1v) is 44.2. The van der Waals surface area contributed by atoms with Crippen molar-refractivity contribution in [2.45, 2.75) is 0 Å². The number of rotatable bonds is 10. The van der Waals surface area contributed by atoms with Crippen molar-refractivity contribution >= 4 is 191 Å². The summed E-state index contributed by atoms with van der Waals surface area (Å²) in [6.45, 7) is 0. The van der Waals surface area contributed by atoms with Gasteiger partial charge in [0.1, 0.15) is 11.2 Å². The maximum Gasteiger partial charge on any atom is 0.164 e. The second-order valence-electron chi connectivity index (χ2n) is 31.0. The zero-order valence-electron chi connectivity index (χ0n) is 65.4. The van der Waals surface area contributed by atoms with Gasteiger partial charge in [0.05, 0.1) is 22.4 Å². The first-order chi connectivity index (χ1) is 60.9. The molecular formula is C110H62N8OS4. The Morgan fingerprint density at radius 1 is 0.179 bits per heavy atom. The standard InChI is InChI=1S/C58H32N4OS2.C52H30N4S2/c1-2-12-34(13-3-1)54-45-32-42(55-53(41-17-5-9-19-47(41)63-55)52(45)40-16-4-8-18-46(40)59-54)33-22-24-35(25-23-33)56-60-57(36-26-28-50-43(30-36)38-14-6-10-20-48(38)64-50)62-58(61-56)37-27-29-51-44(31-37)39-15-7-11-21-49(39)65-51;1-3-13-32(14-4-1)48-41-30-39(49-47(38-19-9-12-22-44(38)58-49)46(41)37-18-7-10-20-42(37)53-48)31-23-25-34(26-24-31)51-54-50(33-15-5-2-6-16-33)55-52(56-51)35-27-28-45-40(29-35)36-17-8-11-21-43(36)57-45/h1-32H;1-30H. The van der Waals surface area contributed by atoms with Gasteiger partial charge in [0.15, 0.2) is 34.9 Å². The lowest BCUT2D eigenvalue weighted by Crippen LogP contribution is -2.00. The average Bonchev–Trinajstić information content (AvgIpc) is 1.70. The van der Waals surface area contributed by atoms with Crippen LogP contribution in [0.1, 0.15) is 0 Å². The maximum atomic E-state index is 6.84. The molecule has 0 saturated heterocycles. The molecular weight excluding hydrogens is 1580 g/mol. The van der Waals surface area contributed by atoms with Gasteiger partial charge in [-0.05, 0) is 120 Å². The molecule has 17 aromatic carbocycles. The van der Waals surface area contributed by atoms with Gasteiger partial charge in [0.2, 0.25) is 0 Å². The highest BCUT2D eigenvalue weighted by Gasteiger charge is 2.26. The molecule has 9 aromatic heterocycles. The highest BCUT2D eigenvalue weighted by molar-refractivity contribution is 7.27. The Morgan fingerprint density at radius 3 is 0.935 bits per heavy atom. The SMILES string of the molecule is c1ccc(-c2nc(-c3ccc(-c4cc5c(-c6ccccc6)nc6ccccc6c5c5c4sc4ccccc45)cc3)nc(-c3ccc4sc5ccccc5c4c3)n2)cc1.c1ccc(-c2nc3ccccc3c3c2cc(-c2ccc(-c4nc(-c5ccc6sc7ccccc7c6c5)nc(-c5ccc6sc7ccccc7c6c5)n4)cc2)c2oc4ccccc4c23)cc1. The number of fused-ring (bicyclic) bond motifs is 23. The van der Waals surface area contributed by atoms with Crippen LogP contribution in [0.3, 0.4) is 0 Å². The fourth-order valence-corrected chi connectivity index (χ4v) is 22.5. The maximum absolute atomic E-state index is 6.84. The number of aromatic nitrogens is 8. The van der Waals surface area contributed by atoms with Gasteiger partial charge < -0.3 is 4.42 Å². The predicted octanol–water partition coefficient (Wildman–Crippen LogP) is 31.2. The van der Waals surface area contributed by atoms with Crippen LogP contribution < -0.4 is 0 Å². The summed E-state index contributed by atoms with van der Waals surface area (Å²) in [4.78, 5) is 41.5. The van der Waals surface area contributed by atoms with E-state index in [1.807, 2.05) is 75.7 Å². The predicted molar refractivity (Wildman–Crippen MR) is 518 cm³/mol. The molecule has 0 unspecified atom stereocenters. The van der Waals surface area contributed by atoms with Gasteiger partial charge in [0.25, 0.3) is 0 Å². The van der Waals surface area contributed by atoms with Crippen molar-refractivity contribution in [2.24, 2.45) is 0 Å². The van der Waals surface area contributed by atoms with Crippen LogP contribution in [0.4, 0.5) is 0 Å². The van der Waals surface area contributed by atoms with Crippen LogP contribution in [0, 0.1) is 0 Å². The summed E-state index contributed by atoms with van der Waals surface area (Å²) in [5.74, 6) is 3.81. The molecule has 123 heavy (non-hydrogen) atoms. The van der Waals surface area contributed by atoms with E-state index in [2.05, 4.69) is 346 Å². The zero-order valence-corrected chi connectivity index (χ0v) is 68.7. The minimum Gasteiger partial charge on any atom is -0.455 e. The van der Waals surface area contributed by atoms with E-state index in [9.17, 15) is 0 Å². The number of hydrogen-bond donors (Lipinski definition) is 0. The van der Waals surface area contributed by atoms with Crippen LogP contribution in [0.5, 0.6) is 0 Å². The van der Waals surface area contributed by atoms with E-state index >= 15 is 0 Å². The molecule has 26 aromatic rings. The monoisotopic (exact) mass is 1640 g/mol. The molecule has 0 fully saturated rings. The van der Waals surface area contributed by atoms with E-state index < -0.39 is 0 Å². The third-order valence-electron chi connectivity index (χ3n) is 23.8. The van der Waals surface area contributed by atoms with Gasteiger partial charge in [-0.25, -0.2) is 39.9 Å². The van der Waals surface area contributed by atoms with Crippen LogP contribution in [0.2, 0.25) is 0 Å². The van der Waals surface area contributed by atoms with E-state index in [0.717, 1.165) is 127 Å². The molecule has 0 bridgehead atoms. The number of thiophene rings is 4. The summed E-state index contributed by atoms with van der Waals surface area (Å²) in [7, 11) is 0. The van der Waals surface area contributed by atoms with Crippen molar-refractivity contribution in [1.82, 2.24) is 39.9 Å². The quantitative estimate of drug-likeness (QED) is 0.123. The summed E-state index contributed by atoms with van der Waals surface area (Å²) in [6.07, 6.45) is 0. The van der Waals surface area contributed by atoms with E-state index in [0.29, 0.717) is 34.9 Å². The number of furan rings is 1. The third-order valence-corrected chi connectivity index (χ3v) is 28.5. The molecule has 0 atom stereocenters. The van der Waals surface area contributed by atoms with Crippen molar-refractivity contribution < 1.29 is 4.42 Å². The molecule has 26 rings (SSSR count). The van der Waals surface area contributed by atoms with E-state index in [1.165, 1.54) is 97.0 Å². The van der Waals surface area contributed by atoms with Crippen molar-refractivity contribution in [2.75, 3.05) is 0 Å². The number of pyridine rings is 2. The van der Waals surface area contributed by atoms with Crippen LogP contribution in [-0.4, -0.2) is 39.9 Å². The molecule has 0 aliphatic rings. The number of para-hydroxylation sites is 3. The Labute approximate surface area is 719 Å². The van der Waals surface area contributed by atoms with Crippen LogP contribution in [-0.2, 0) is 0 Å². The van der Waals surface area contributed by atoms with E-state index in [1.54, 1.807) is 0 Å². The van der Waals surface area contributed by atoms with Crippen LogP contribution in [0.15, 0.2) is 381 Å². The molecule has 9 nitrogen and oxygen atoms in total. The molecule has 0 amide bonds. The highest BCUT2D eigenvalue weighted by Crippen LogP contribution is 2.51. The zero-order chi connectivity index (χ0) is 80.7. The normalized spacial score (nSPS) is 11.9. The van der Waals surface area contributed by atoms with E-state index in [4.69, 9.17) is 44.3 Å². The fourth-order valence-electron chi connectivity index (χ4n) is 18.0. The van der Waals surface area contributed by atoms with Crippen molar-refractivity contribution in [3.63, 3.8) is 0 Å². The first-order valence-electron chi connectivity index (χ1n) is 40.9. The summed E-state index contributed by atoms with van der Waals surface area (Å²) in [6, 6.07) is 133. The number of benzene rings is 17. The Balaban J connectivity index is 0.000000136. The molecule has 0 N–H and O–H groups in total. The number of hydrogen-bond acceptors (Lipinski definition) is 13. The van der Waals surface area contributed by atoms with Gasteiger partial charge in [-0.1, -0.05) is 267 Å². The van der Waals surface area contributed by atoms with Crippen molar-refractivity contribution in [3.8, 4) is 113 Å². The molecule has 0 radical (unpaired) electrons. The molecule has 0 aliphatic carbocycles. The van der Waals surface area contributed by atoms with Crippen LogP contribution >= 0.6 is 45.3 Å². The largest absolute Gasteiger partial charge is 0.455 e. The van der Waals surface area contributed by atoms with Gasteiger partial charge in [0, 0.05) is 179 Å². The third kappa shape index (κ3) is 12.0. The lowest BCUT2D eigenvalue weighted by molar-refractivity contribution is 0.670. The highest BCUT2D eigenvalue weighted by atomic mass is 32.1. The lowest BCUT2D eigenvalue weighted by Gasteiger charge is -2.15. The summed E-state index contributed by atoms with van der Waals surface area (Å²) >= 11 is 7.28. The average molecular weight is 1640 g/mol. The molecule has 0 aliphatic heterocycles. The summed E-state index contributed by atoms with van der Waals surface area (Å²) in [5.41, 5.74) is 17.7. The lowest BCUT2D eigenvalue weighted by atomic mass is 9.91. The minimum atomic E-state index is 0.608. The van der Waals surface area contributed by atoms with Gasteiger partial charge in [-0.15, -0.1) is 45.3 Å². The van der Waals surface area contributed by atoms with Gasteiger partial charge in [-0.3, -0.25) is 0 Å². The topological polar surface area (TPSA) is 116 Å². The second kappa shape index (κ2) is 28.8. The second-order valence-corrected chi connectivity index (χ2v) is 35.3. The summed E-state index contributed by atoms with van der Waals surface area (Å²) < 4.78 is 16.9. The molecule has 0 saturated carbocycles. The minimum absolute atomic E-state index is 0.608. The van der Waals surface area contributed by atoms with Crippen LogP contribution in [0.25, 0.3) is 259 Å². The van der Waals surface area contributed by atoms with Crippen molar-refractivity contribution in [3.05, 3.63) is 376 Å². The Kier molecular flexibility index (Phi) is 16.6. The van der Waals surface area contributed by atoms with E-state index in [-0.39, 0.29) is 0 Å². The smallest absolute Gasteiger partial charge is 0.164 e. The van der Waals surface area contributed by atoms with Crippen molar-refractivity contribution in [1.29, 1.82) is 0 Å². The molecule has 13 heteroatoms. The first kappa shape index (κ1) is 70.8. The molecule has 9 heterocycles. The fraction of sp³-hybridized carbons (Fsp3) is 0. The van der Waals surface area contributed by atoms with Gasteiger partial charge >= 0.3 is 0 Å². The number of nitrogens with zero attached hydrogens (tertiary/aromatic N) is 8. The molecule has 572 valence electrons. The van der Waals surface area contributed by atoms with Gasteiger partial charge in [-0.2, -0.15) is 0 Å². The Morgan fingerprint density at radius 2 is 0.488 bits per heavy atom. The Bertz CT molecular complexity index is 8690. The Hall–Kier alpha value is -15.2.